The number of thiocarbonyl (C=S) groups is 1. The lowest BCUT2D eigenvalue weighted by Crippen LogP contribution is -2.57. The second-order valence-corrected chi connectivity index (χ2v) is 6.48. The van der Waals surface area contributed by atoms with Gasteiger partial charge in [-0.1, -0.05) is 30.3 Å². The predicted octanol–water partition coefficient (Wildman–Crippen LogP) is 0.772. The molecule has 1 fully saturated rings. The SMILES string of the molecule is CCNC(=S)N1CCN(C(=O)[C@@H](Cc2ccccc2)NC(C)=O)CC1. The zero-order valence-corrected chi connectivity index (χ0v) is 15.6. The molecule has 0 radical (unpaired) electrons. The Labute approximate surface area is 154 Å². The molecule has 1 saturated heterocycles. The van der Waals surface area contributed by atoms with Gasteiger partial charge in [0.1, 0.15) is 6.04 Å². The van der Waals surface area contributed by atoms with Gasteiger partial charge in [-0.15, -0.1) is 0 Å². The number of nitrogens with one attached hydrogen (secondary N) is 2. The van der Waals surface area contributed by atoms with Crippen LogP contribution in [0.1, 0.15) is 19.4 Å². The van der Waals surface area contributed by atoms with E-state index >= 15 is 0 Å². The monoisotopic (exact) mass is 362 g/mol. The van der Waals surface area contributed by atoms with E-state index in [-0.39, 0.29) is 11.8 Å². The van der Waals surface area contributed by atoms with Gasteiger partial charge in [0.2, 0.25) is 11.8 Å². The van der Waals surface area contributed by atoms with E-state index in [1.165, 1.54) is 6.92 Å². The van der Waals surface area contributed by atoms with Crippen molar-refractivity contribution in [2.45, 2.75) is 26.3 Å². The summed E-state index contributed by atoms with van der Waals surface area (Å²) in [7, 11) is 0. The summed E-state index contributed by atoms with van der Waals surface area (Å²) < 4.78 is 0. The van der Waals surface area contributed by atoms with Crippen LogP contribution in [0, 0.1) is 0 Å². The summed E-state index contributed by atoms with van der Waals surface area (Å²) in [6.07, 6.45) is 0.495. The maximum atomic E-state index is 12.9. The average Bonchev–Trinajstić information content (AvgIpc) is 2.61. The quantitative estimate of drug-likeness (QED) is 0.758. The minimum Gasteiger partial charge on any atom is -0.363 e. The lowest BCUT2D eigenvalue weighted by molar-refractivity contribution is -0.137. The summed E-state index contributed by atoms with van der Waals surface area (Å²) in [5, 5.41) is 6.67. The molecular formula is C18H26N4O2S. The van der Waals surface area contributed by atoms with Crippen molar-refractivity contribution in [2.75, 3.05) is 32.7 Å². The first-order valence-corrected chi connectivity index (χ1v) is 9.04. The molecule has 0 aromatic heterocycles. The third-order valence-corrected chi connectivity index (χ3v) is 4.57. The second-order valence-electron chi connectivity index (χ2n) is 6.09. The first-order valence-electron chi connectivity index (χ1n) is 8.63. The van der Waals surface area contributed by atoms with Crippen LogP contribution in [0.4, 0.5) is 0 Å². The smallest absolute Gasteiger partial charge is 0.245 e. The summed E-state index contributed by atoms with van der Waals surface area (Å²) in [4.78, 5) is 28.3. The maximum Gasteiger partial charge on any atom is 0.245 e. The Hall–Kier alpha value is -2.15. The largest absolute Gasteiger partial charge is 0.363 e. The zero-order chi connectivity index (χ0) is 18.2. The van der Waals surface area contributed by atoms with Crippen molar-refractivity contribution >= 4 is 29.1 Å². The third kappa shape index (κ3) is 5.70. The van der Waals surface area contributed by atoms with Gasteiger partial charge >= 0.3 is 0 Å². The molecule has 25 heavy (non-hydrogen) atoms. The van der Waals surface area contributed by atoms with Gasteiger partial charge < -0.3 is 20.4 Å². The summed E-state index contributed by atoms with van der Waals surface area (Å²) in [6, 6.07) is 9.21. The molecule has 2 N–H and O–H groups in total. The number of carbonyl (C=O) groups excluding carboxylic acids is 2. The molecule has 1 aromatic rings. The van der Waals surface area contributed by atoms with Crippen molar-refractivity contribution in [1.82, 2.24) is 20.4 Å². The van der Waals surface area contributed by atoms with Crippen LogP contribution in [0.3, 0.4) is 0 Å². The predicted molar refractivity (Wildman–Crippen MR) is 102 cm³/mol. The van der Waals surface area contributed by atoms with Crippen LogP contribution in [0.25, 0.3) is 0 Å². The molecule has 2 rings (SSSR count). The van der Waals surface area contributed by atoms with Crippen molar-refractivity contribution < 1.29 is 9.59 Å². The number of piperazine rings is 1. The molecule has 1 aliphatic heterocycles. The Kier molecular flexibility index (Phi) is 7.18. The molecular weight excluding hydrogens is 336 g/mol. The van der Waals surface area contributed by atoms with Crippen molar-refractivity contribution in [1.29, 1.82) is 0 Å². The Balaban J connectivity index is 1.97. The highest BCUT2D eigenvalue weighted by Crippen LogP contribution is 2.09. The average molecular weight is 362 g/mol. The van der Waals surface area contributed by atoms with Crippen LogP contribution in [0.2, 0.25) is 0 Å². The van der Waals surface area contributed by atoms with E-state index in [9.17, 15) is 9.59 Å². The molecule has 1 heterocycles. The third-order valence-electron chi connectivity index (χ3n) is 4.16. The summed E-state index contributed by atoms with van der Waals surface area (Å²) in [6.45, 7) is 6.86. The molecule has 0 bridgehead atoms. The van der Waals surface area contributed by atoms with Crippen LogP contribution in [-0.2, 0) is 16.0 Å². The van der Waals surface area contributed by atoms with E-state index in [2.05, 4.69) is 15.5 Å². The van der Waals surface area contributed by atoms with Gasteiger partial charge in [-0.3, -0.25) is 9.59 Å². The fourth-order valence-corrected chi connectivity index (χ4v) is 3.24. The number of benzene rings is 1. The van der Waals surface area contributed by atoms with E-state index in [0.29, 0.717) is 32.6 Å². The highest BCUT2D eigenvalue weighted by molar-refractivity contribution is 7.80. The molecule has 0 saturated carbocycles. The molecule has 6 nitrogen and oxygen atoms in total. The highest BCUT2D eigenvalue weighted by atomic mass is 32.1. The number of rotatable bonds is 5. The molecule has 0 spiro atoms. The highest BCUT2D eigenvalue weighted by Gasteiger charge is 2.28. The standard InChI is InChI=1S/C18H26N4O2S/c1-3-19-18(25)22-11-9-21(10-12-22)17(24)16(20-14(2)23)13-15-7-5-4-6-8-15/h4-8,16H,3,9-13H2,1-2H3,(H,19,25)(H,20,23)/t16-/m1/s1. The number of hydrogen-bond donors (Lipinski definition) is 2. The van der Waals surface area contributed by atoms with Gasteiger partial charge in [0.25, 0.3) is 0 Å². The summed E-state index contributed by atoms with van der Waals surface area (Å²) >= 11 is 5.33. The minimum atomic E-state index is -0.535. The van der Waals surface area contributed by atoms with E-state index in [4.69, 9.17) is 12.2 Å². The van der Waals surface area contributed by atoms with Crippen LogP contribution in [0.5, 0.6) is 0 Å². The number of amides is 2. The summed E-state index contributed by atoms with van der Waals surface area (Å²) in [5.74, 6) is -0.227. The Morgan fingerprint density at radius 1 is 1.12 bits per heavy atom. The second kappa shape index (κ2) is 9.36. The summed E-state index contributed by atoms with van der Waals surface area (Å²) in [5.41, 5.74) is 1.03. The number of nitrogens with zero attached hydrogens (tertiary/aromatic N) is 2. The Morgan fingerprint density at radius 2 is 1.72 bits per heavy atom. The van der Waals surface area contributed by atoms with Crippen molar-refractivity contribution in [3.63, 3.8) is 0 Å². The minimum absolute atomic E-state index is 0.0342. The van der Waals surface area contributed by atoms with Gasteiger partial charge in [0.15, 0.2) is 5.11 Å². The van der Waals surface area contributed by atoms with Gasteiger partial charge in [-0.05, 0) is 24.7 Å². The molecule has 7 heteroatoms. The Bertz CT molecular complexity index is 600. The molecule has 1 atom stereocenters. The van der Waals surface area contributed by atoms with E-state index in [1.807, 2.05) is 42.2 Å². The van der Waals surface area contributed by atoms with Crippen molar-refractivity contribution in [3.05, 3.63) is 35.9 Å². The van der Waals surface area contributed by atoms with Crippen molar-refractivity contribution in [3.8, 4) is 0 Å². The molecule has 136 valence electrons. The van der Waals surface area contributed by atoms with Crippen LogP contribution < -0.4 is 10.6 Å². The normalized spacial score (nSPS) is 15.4. The first-order chi connectivity index (χ1) is 12.0. The Morgan fingerprint density at radius 3 is 2.28 bits per heavy atom. The van der Waals surface area contributed by atoms with Gasteiger partial charge in [-0.25, -0.2) is 0 Å². The van der Waals surface area contributed by atoms with Gasteiger partial charge in [-0.2, -0.15) is 0 Å². The molecule has 1 aromatic carbocycles. The lowest BCUT2D eigenvalue weighted by Gasteiger charge is -2.37. The molecule has 2 amide bonds. The van der Waals surface area contributed by atoms with E-state index in [1.54, 1.807) is 0 Å². The molecule has 0 aliphatic carbocycles. The topological polar surface area (TPSA) is 64.7 Å². The van der Waals surface area contributed by atoms with Crippen LogP contribution in [-0.4, -0.2) is 65.5 Å². The lowest BCUT2D eigenvalue weighted by atomic mass is 10.0. The zero-order valence-electron chi connectivity index (χ0n) is 14.8. The fourth-order valence-electron chi connectivity index (χ4n) is 2.91. The van der Waals surface area contributed by atoms with E-state index < -0.39 is 6.04 Å². The van der Waals surface area contributed by atoms with Crippen LogP contribution >= 0.6 is 12.2 Å². The number of hydrogen-bond acceptors (Lipinski definition) is 3. The first kappa shape index (κ1) is 19.2. The van der Waals surface area contributed by atoms with Gasteiger partial charge in [0, 0.05) is 46.1 Å². The molecule has 0 unspecified atom stereocenters. The molecule has 1 aliphatic rings. The number of carbonyl (C=O) groups is 2. The maximum absolute atomic E-state index is 12.9. The van der Waals surface area contributed by atoms with Crippen LogP contribution in [0.15, 0.2) is 30.3 Å². The van der Waals surface area contributed by atoms with E-state index in [0.717, 1.165) is 17.2 Å². The van der Waals surface area contributed by atoms with Gasteiger partial charge in [0.05, 0.1) is 0 Å². The van der Waals surface area contributed by atoms with Crippen molar-refractivity contribution in [2.24, 2.45) is 0 Å². The fraction of sp³-hybridized carbons (Fsp3) is 0.500.